The minimum Gasteiger partial charge on any atom is -0.488 e. The average molecular weight is 317 g/mol. The molecule has 2 aliphatic rings. The minimum absolute atomic E-state index is 0.0486. The van der Waals surface area contributed by atoms with Crippen LogP contribution in [-0.4, -0.2) is 30.0 Å². The standard InChI is InChI=1S/C17H23N3O3/c1-9-6-10-7-11(8-19-16(22)17(2,3)18)23-15(10)12-4-5-13(21)20-14(9)12/h6,11H,4-5,7-8,18H2,1-3H3,(H,19,22)(H,20,21). The van der Waals surface area contributed by atoms with Crippen LogP contribution in [0.5, 0.6) is 5.75 Å². The molecule has 4 N–H and O–H groups in total. The molecule has 0 bridgehead atoms. The van der Waals surface area contributed by atoms with E-state index >= 15 is 0 Å². The van der Waals surface area contributed by atoms with Crippen molar-refractivity contribution in [2.75, 3.05) is 11.9 Å². The zero-order valence-electron chi connectivity index (χ0n) is 13.8. The molecule has 1 unspecified atom stereocenters. The average Bonchev–Trinajstić information content (AvgIpc) is 2.86. The summed E-state index contributed by atoms with van der Waals surface area (Å²) < 4.78 is 6.05. The highest BCUT2D eigenvalue weighted by molar-refractivity contribution is 5.95. The van der Waals surface area contributed by atoms with Crippen molar-refractivity contribution in [3.63, 3.8) is 0 Å². The molecule has 0 radical (unpaired) electrons. The number of aryl methyl sites for hydroxylation is 1. The maximum atomic E-state index is 11.9. The Kier molecular flexibility index (Phi) is 3.80. The monoisotopic (exact) mass is 317 g/mol. The van der Waals surface area contributed by atoms with Gasteiger partial charge in [-0.25, -0.2) is 0 Å². The van der Waals surface area contributed by atoms with E-state index in [4.69, 9.17) is 10.5 Å². The predicted molar refractivity (Wildman–Crippen MR) is 87.5 cm³/mol. The van der Waals surface area contributed by atoms with Crippen LogP contribution in [-0.2, 0) is 22.4 Å². The van der Waals surface area contributed by atoms with Gasteiger partial charge in [-0.1, -0.05) is 6.07 Å². The van der Waals surface area contributed by atoms with Gasteiger partial charge in [0.1, 0.15) is 11.9 Å². The number of hydrogen-bond donors (Lipinski definition) is 3. The zero-order valence-corrected chi connectivity index (χ0v) is 13.8. The molecule has 0 fully saturated rings. The van der Waals surface area contributed by atoms with Crippen LogP contribution < -0.4 is 21.1 Å². The molecule has 0 aliphatic carbocycles. The van der Waals surface area contributed by atoms with Crippen LogP contribution in [0.2, 0.25) is 0 Å². The first-order valence-corrected chi connectivity index (χ1v) is 7.94. The fraction of sp³-hybridized carbons (Fsp3) is 0.529. The third-order valence-electron chi connectivity index (χ3n) is 4.33. The number of rotatable bonds is 3. The molecule has 2 amide bonds. The highest BCUT2D eigenvalue weighted by Gasteiger charge is 2.31. The SMILES string of the molecule is Cc1cc2c(c3c1NC(=O)CC3)OC(CNC(=O)C(C)(C)N)C2. The lowest BCUT2D eigenvalue weighted by molar-refractivity contribution is -0.125. The Morgan fingerprint density at radius 2 is 2.22 bits per heavy atom. The largest absolute Gasteiger partial charge is 0.488 e. The van der Waals surface area contributed by atoms with E-state index in [2.05, 4.69) is 16.7 Å². The number of carbonyl (C=O) groups is 2. The Bertz CT molecular complexity index is 677. The summed E-state index contributed by atoms with van der Waals surface area (Å²) in [5, 5.41) is 5.78. The topological polar surface area (TPSA) is 93.5 Å². The maximum Gasteiger partial charge on any atom is 0.239 e. The van der Waals surface area contributed by atoms with Crippen LogP contribution in [0.4, 0.5) is 5.69 Å². The second-order valence-corrected chi connectivity index (χ2v) is 6.96. The quantitative estimate of drug-likeness (QED) is 0.776. The molecule has 124 valence electrons. The Balaban J connectivity index is 1.74. The van der Waals surface area contributed by atoms with E-state index < -0.39 is 5.54 Å². The van der Waals surface area contributed by atoms with Gasteiger partial charge >= 0.3 is 0 Å². The first-order chi connectivity index (χ1) is 10.8. The van der Waals surface area contributed by atoms with E-state index in [0.717, 1.165) is 34.5 Å². The van der Waals surface area contributed by atoms with E-state index in [1.54, 1.807) is 13.8 Å². The lowest BCUT2D eigenvalue weighted by Crippen LogP contribution is -2.51. The highest BCUT2D eigenvalue weighted by atomic mass is 16.5. The van der Waals surface area contributed by atoms with E-state index in [0.29, 0.717) is 19.4 Å². The molecular formula is C17H23N3O3. The van der Waals surface area contributed by atoms with Gasteiger partial charge in [0, 0.05) is 18.4 Å². The van der Waals surface area contributed by atoms with Crippen molar-refractivity contribution in [2.45, 2.75) is 51.7 Å². The van der Waals surface area contributed by atoms with E-state index in [-0.39, 0.29) is 17.9 Å². The van der Waals surface area contributed by atoms with E-state index in [9.17, 15) is 9.59 Å². The maximum absolute atomic E-state index is 11.9. The van der Waals surface area contributed by atoms with Crippen LogP contribution in [0.15, 0.2) is 6.07 Å². The van der Waals surface area contributed by atoms with Crippen molar-refractivity contribution in [2.24, 2.45) is 5.73 Å². The van der Waals surface area contributed by atoms with Gasteiger partial charge < -0.3 is 21.1 Å². The summed E-state index contributed by atoms with van der Waals surface area (Å²) in [4.78, 5) is 23.5. The molecule has 6 nitrogen and oxygen atoms in total. The van der Waals surface area contributed by atoms with E-state index in [1.165, 1.54) is 0 Å². The molecule has 2 aliphatic heterocycles. The number of nitrogens with one attached hydrogen (secondary N) is 2. The fourth-order valence-electron chi connectivity index (χ4n) is 3.10. The summed E-state index contributed by atoms with van der Waals surface area (Å²) in [6, 6.07) is 2.06. The van der Waals surface area contributed by atoms with Gasteiger partial charge in [0.2, 0.25) is 11.8 Å². The van der Waals surface area contributed by atoms with Gasteiger partial charge in [-0.2, -0.15) is 0 Å². The molecule has 23 heavy (non-hydrogen) atoms. The number of benzene rings is 1. The second kappa shape index (κ2) is 5.53. The normalized spacial score (nSPS) is 19.5. The first kappa shape index (κ1) is 15.8. The lowest BCUT2D eigenvalue weighted by atomic mass is 9.94. The smallest absolute Gasteiger partial charge is 0.239 e. The molecule has 0 spiro atoms. The molecule has 0 aromatic heterocycles. The molecule has 0 saturated carbocycles. The Labute approximate surface area is 135 Å². The number of nitrogens with two attached hydrogens (primary N) is 1. The third-order valence-corrected chi connectivity index (χ3v) is 4.33. The van der Waals surface area contributed by atoms with Gasteiger partial charge in [-0.15, -0.1) is 0 Å². The van der Waals surface area contributed by atoms with Crippen molar-refractivity contribution < 1.29 is 14.3 Å². The zero-order chi connectivity index (χ0) is 16.8. The summed E-state index contributed by atoms with van der Waals surface area (Å²) >= 11 is 0. The minimum atomic E-state index is -0.897. The number of amides is 2. The predicted octanol–water partition coefficient (Wildman–Crippen LogP) is 1.04. The van der Waals surface area contributed by atoms with Crippen molar-refractivity contribution in [1.82, 2.24) is 5.32 Å². The van der Waals surface area contributed by atoms with Crippen molar-refractivity contribution in [1.29, 1.82) is 0 Å². The van der Waals surface area contributed by atoms with Crippen LogP contribution in [0, 0.1) is 6.92 Å². The van der Waals surface area contributed by atoms with Crippen molar-refractivity contribution >= 4 is 17.5 Å². The van der Waals surface area contributed by atoms with Crippen molar-refractivity contribution in [3.8, 4) is 5.75 Å². The molecular weight excluding hydrogens is 294 g/mol. The fourth-order valence-corrected chi connectivity index (χ4v) is 3.10. The Morgan fingerprint density at radius 1 is 1.48 bits per heavy atom. The summed E-state index contributed by atoms with van der Waals surface area (Å²) in [5.74, 6) is 0.729. The number of ether oxygens (including phenoxy) is 1. The number of anilines is 1. The molecule has 3 rings (SSSR count). The van der Waals surface area contributed by atoms with Crippen LogP contribution >= 0.6 is 0 Å². The lowest BCUT2D eigenvalue weighted by Gasteiger charge is -2.22. The summed E-state index contributed by atoms with van der Waals surface area (Å²) in [6.07, 6.45) is 1.83. The first-order valence-electron chi connectivity index (χ1n) is 7.94. The van der Waals surface area contributed by atoms with Gasteiger partial charge in [0.25, 0.3) is 0 Å². The molecule has 1 aromatic rings. The molecule has 6 heteroatoms. The summed E-state index contributed by atoms with van der Waals surface area (Å²) in [6.45, 7) is 5.77. The van der Waals surface area contributed by atoms with Crippen molar-refractivity contribution in [3.05, 3.63) is 22.8 Å². The Morgan fingerprint density at radius 3 is 2.91 bits per heavy atom. The van der Waals surface area contributed by atoms with Gasteiger partial charge in [-0.3, -0.25) is 9.59 Å². The molecule has 1 aromatic carbocycles. The highest BCUT2D eigenvalue weighted by Crippen LogP contribution is 2.41. The molecule has 2 heterocycles. The molecule has 1 atom stereocenters. The third kappa shape index (κ3) is 3.03. The van der Waals surface area contributed by atoms with Gasteiger partial charge in [0.15, 0.2) is 0 Å². The number of carbonyl (C=O) groups excluding carboxylic acids is 2. The number of fused-ring (bicyclic) bond motifs is 3. The van der Waals surface area contributed by atoms with Crippen LogP contribution in [0.1, 0.15) is 37.0 Å². The Hall–Kier alpha value is -2.08. The van der Waals surface area contributed by atoms with Crippen LogP contribution in [0.3, 0.4) is 0 Å². The van der Waals surface area contributed by atoms with E-state index in [1.807, 2.05) is 6.92 Å². The second-order valence-electron chi connectivity index (χ2n) is 6.96. The summed E-state index contributed by atoms with van der Waals surface area (Å²) in [5.41, 5.74) is 9.04. The number of hydrogen-bond acceptors (Lipinski definition) is 4. The summed E-state index contributed by atoms with van der Waals surface area (Å²) in [7, 11) is 0. The molecule has 0 saturated heterocycles. The van der Waals surface area contributed by atoms with Gasteiger partial charge in [-0.05, 0) is 38.3 Å². The van der Waals surface area contributed by atoms with Gasteiger partial charge in [0.05, 0.1) is 17.8 Å². The van der Waals surface area contributed by atoms with Crippen LogP contribution in [0.25, 0.3) is 0 Å².